The van der Waals surface area contributed by atoms with E-state index in [2.05, 4.69) is 15.4 Å². The van der Waals surface area contributed by atoms with Crippen molar-refractivity contribution in [3.63, 3.8) is 0 Å². The van der Waals surface area contributed by atoms with Gasteiger partial charge in [-0.05, 0) is 37.5 Å². The highest BCUT2D eigenvalue weighted by atomic mass is 16.5. The van der Waals surface area contributed by atoms with Gasteiger partial charge in [0.25, 0.3) is 5.91 Å². The second-order valence-electron chi connectivity index (χ2n) is 6.68. The van der Waals surface area contributed by atoms with Gasteiger partial charge in [0.1, 0.15) is 12.1 Å². The van der Waals surface area contributed by atoms with Gasteiger partial charge in [-0.3, -0.25) is 14.5 Å². The molecule has 138 valence electrons. The van der Waals surface area contributed by atoms with Crippen LogP contribution in [0.4, 0.5) is 10.5 Å². The number of nitrogens with one attached hydrogen (secondary N) is 2. The van der Waals surface area contributed by atoms with Gasteiger partial charge >= 0.3 is 12.0 Å². The number of nitrogens with zero attached hydrogens (tertiary/aromatic N) is 1. The maximum Gasteiger partial charge on any atom is 0.337 e. The molecule has 3 rings (SSSR count). The van der Waals surface area contributed by atoms with E-state index in [4.69, 9.17) is 0 Å². The Bertz CT molecular complexity index is 783. The number of imide groups is 1. The third kappa shape index (κ3) is 3.14. The van der Waals surface area contributed by atoms with Crippen LogP contribution in [0.1, 0.15) is 41.6 Å². The summed E-state index contributed by atoms with van der Waals surface area (Å²) < 4.78 is 4.67. The van der Waals surface area contributed by atoms with Crippen LogP contribution in [0.15, 0.2) is 18.2 Å². The van der Waals surface area contributed by atoms with Crippen molar-refractivity contribution in [2.24, 2.45) is 0 Å². The first kappa shape index (κ1) is 17.9. The van der Waals surface area contributed by atoms with Gasteiger partial charge in [0, 0.05) is 5.69 Å². The molecule has 2 aliphatic rings. The lowest BCUT2D eigenvalue weighted by Gasteiger charge is -2.20. The topological polar surface area (TPSA) is 105 Å². The molecule has 2 N–H and O–H groups in total. The summed E-state index contributed by atoms with van der Waals surface area (Å²) in [4.78, 5) is 49.7. The van der Waals surface area contributed by atoms with Crippen molar-refractivity contribution >= 4 is 29.5 Å². The number of aryl methyl sites for hydroxylation is 1. The van der Waals surface area contributed by atoms with Crippen LogP contribution in [0.3, 0.4) is 0 Å². The van der Waals surface area contributed by atoms with Gasteiger partial charge in [-0.25, -0.2) is 9.59 Å². The van der Waals surface area contributed by atoms with Crippen LogP contribution in [-0.4, -0.2) is 47.9 Å². The standard InChI is InChI=1S/C18H21N3O5/c1-11-5-6-12(15(23)26-2)9-13(11)19-14(22)10-21-16(24)18(20-17(21)25)7-3-4-8-18/h5-6,9H,3-4,7-8,10H2,1-2H3,(H,19,22)(H,20,25). The average Bonchev–Trinajstić information content (AvgIpc) is 3.17. The molecule has 0 unspecified atom stereocenters. The first-order chi connectivity index (χ1) is 12.4. The number of hydrogen-bond donors (Lipinski definition) is 2. The number of ether oxygens (including phenoxy) is 1. The van der Waals surface area contributed by atoms with E-state index in [0.717, 1.165) is 23.3 Å². The number of amides is 4. The fraction of sp³-hybridized carbons (Fsp3) is 0.444. The van der Waals surface area contributed by atoms with Gasteiger partial charge < -0.3 is 15.4 Å². The minimum Gasteiger partial charge on any atom is -0.465 e. The smallest absolute Gasteiger partial charge is 0.337 e. The SMILES string of the molecule is COC(=O)c1ccc(C)c(NC(=O)CN2C(=O)NC3(CCCC3)C2=O)c1. The van der Waals surface area contributed by atoms with Crippen molar-refractivity contribution in [3.8, 4) is 0 Å². The molecule has 2 fully saturated rings. The van der Waals surface area contributed by atoms with E-state index in [1.807, 2.05) is 0 Å². The Morgan fingerprint density at radius 1 is 1.27 bits per heavy atom. The number of benzene rings is 1. The quantitative estimate of drug-likeness (QED) is 0.627. The average molecular weight is 359 g/mol. The first-order valence-corrected chi connectivity index (χ1v) is 8.49. The molecule has 1 saturated carbocycles. The van der Waals surface area contributed by atoms with Crippen LogP contribution in [0.2, 0.25) is 0 Å². The predicted octanol–water partition coefficient (Wildman–Crippen LogP) is 1.58. The summed E-state index contributed by atoms with van der Waals surface area (Å²) in [6, 6.07) is 4.25. The second kappa shape index (κ2) is 6.78. The highest BCUT2D eigenvalue weighted by Gasteiger charge is 2.52. The van der Waals surface area contributed by atoms with E-state index in [1.54, 1.807) is 19.1 Å². The molecular weight excluding hydrogens is 338 g/mol. The van der Waals surface area contributed by atoms with Crippen molar-refractivity contribution in [3.05, 3.63) is 29.3 Å². The number of anilines is 1. The van der Waals surface area contributed by atoms with Gasteiger partial charge in [-0.2, -0.15) is 0 Å². The van der Waals surface area contributed by atoms with Gasteiger partial charge in [0.05, 0.1) is 12.7 Å². The van der Waals surface area contributed by atoms with Crippen LogP contribution in [-0.2, 0) is 14.3 Å². The Hall–Kier alpha value is -2.90. The van der Waals surface area contributed by atoms with E-state index in [1.165, 1.54) is 13.2 Å². The normalized spacial score (nSPS) is 18.2. The van der Waals surface area contributed by atoms with Crippen molar-refractivity contribution in [1.29, 1.82) is 0 Å². The lowest BCUT2D eigenvalue weighted by Crippen LogP contribution is -2.44. The molecule has 1 spiro atoms. The summed E-state index contributed by atoms with van der Waals surface area (Å²) in [6.07, 6.45) is 2.98. The maximum atomic E-state index is 12.6. The molecule has 1 saturated heterocycles. The molecule has 0 radical (unpaired) electrons. The highest BCUT2D eigenvalue weighted by Crippen LogP contribution is 2.34. The Kier molecular flexibility index (Phi) is 4.67. The van der Waals surface area contributed by atoms with Gasteiger partial charge in [0.15, 0.2) is 0 Å². The zero-order chi connectivity index (χ0) is 18.9. The Morgan fingerprint density at radius 2 is 1.96 bits per heavy atom. The number of esters is 1. The first-order valence-electron chi connectivity index (χ1n) is 8.49. The van der Waals surface area contributed by atoms with Crippen molar-refractivity contribution in [1.82, 2.24) is 10.2 Å². The minimum absolute atomic E-state index is 0.299. The molecule has 8 nitrogen and oxygen atoms in total. The Labute approximate surface area is 150 Å². The number of rotatable bonds is 4. The summed E-state index contributed by atoms with van der Waals surface area (Å²) in [6.45, 7) is 1.41. The van der Waals surface area contributed by atoms with Crippen molar-refractivity contribution in [2.75, 3.05) is 19.0 Å². The Balaban J connectivity index is 1.70. The van der Waals surface area contributed by atoms with E-state index < -0.39 is 23.4 Å². The van der Waals surface area contributed by atoms with Crippen LogP contribution < -0.4 is 10.6 Å². The van der Waals surface area contributed by atoms with Crippen LogP contribution >= 0.6 is 0 Å². The number of urea groups is 1. The monoisotopic (exact) mass is 359 g/mol. The van der Waals surface area contributed by atoms with Gasteiger partial charge in [0.2, 0.25) is 5.91 Å². The van der Waals surface area contributed by atoms with Gasteiger partial charge in [-0.15, -0.1) is 0 Å². The van der Waals surface area contributed by atoms with E-state index in [9.17, 15) is 19.2 Å². The fourth-order valence-corrected chi connectivity index (χ4v) is 3.47. The number of hydrogen-bond acceptors (Lipinski definition) is 5. The van der Waals surface area contributed by atoms with Crippen LogP contribution in [0, 0.1) is 6.92 Å². The number of carbonyl (C=O) groups is 4. The van der Waals surface area contributed by atoms with Gasteiger partial charge in [-0.1, -0.05) is 18.9 Å². The molecule has 1 aromatic carbocycles. The van der Waals surface area contributed by atoms with E-state index >= 15 is 0 Å². The highest BCUT2D eigenvalue weighted by molar-refractivity contribution is 6.10. The molecule has 0 atom stereocenters. The number of methoxy groups -OCH3 is 1. The van der Waals surface area contributed by atoms with E-state index in [-0.39, 0.29) is 12.5 Å². The molecule has 1 aromatic rings. The lowest BCUT2D eigenvalue weighted by molar-refractivity contribution is -0.133. The molecule has 1 aliphatic carbocycles. The molecule has 1 heterocycles. The zero-order valence-corrected chi connectivity index (χ0v) is 14.8. The maximum absolute atomic E-state index is 12.6. The lowest BCUT2D eigenvalue weighted by atomic mass is 9.98. The summed E-state index contributed by atoms with van der Waals surface area (Å²) in [5, 5.41) is 5.39. The summed E-state index contributed by atoms with van der Waals surface area (Å²) in [5.41, 5.74) is 0.641. The second-order valence-corrected chi connectivity index (χ2v) is 6.68. The molecule has 0 bridgehead atoms. The van der Waals surface area contributed by atoms with E-state index in [0.29, 0.717) is 24.1 Å². The summed E-state index contributed by atoms with van der Waals surface area (Å²) in [7, 11) is 1.27. The fourth-order valence-electron chi connectivity index (χ4n) is 3.47. The molecule has 1 aliphatic heterocycles. The third-order valence-electron chi connectivity index (χ3n) is 4.94. The molecule has 8 heteroatoms. The minimum atomic E-state index is -0.835. The van der Waals surface area contributed by atoms with Crippen molar-refractivity contribution < 1.29 is 23.9 Å². The third-order valence-corrected chi connectivity index (χ3v) is 4.94. The summed E-state index contributed by atoms with van der Waals surface area (Å²) >= 11 is 0. The number of carbonyl (C=O) groups excluding carboxylic acids is 4. The van der Waals surface area contributed by atoms with Crippen LogP contribution in [0.5, 0.6) is 0 Å². The van der Waals surface area contributed by atoms with Crippen LogP contribution in [0.25, 0.3) is 0 Å². The Morgan fingerprint density at radius 3 is 2.62 bits per heavy atom. The summed E-state index contributed by atoms with van der Waals surface area (Å²) in [5.74, 6) is -1.36. The molecule has 0 aromatic heterocycles. The molecular formula is C18H21N3O5. The largest absolute Gasteiger partial charge is 0.465 e. The molecule has 4 amide bonds. The predicted molar refractivity (Wildman–Crippen MR) is 92.6 cm³/mol. The van der Waals surface area contributed by atoms with Crippen molar-refractivity contribution in [2.45, 2.75) is 38.1 Å². The molecule has 26 heavy (non-hydrogen) atoms. The zero-order valence-electron chi connectivity index (χ0n) is 14.8.